The van der Waals surface area contributed by atoms with E-state index in [9.17, 15) is 10.1 Å². The summed E-state index contributed by atoms with van der Waals surface area (Å²) in [4.78, 5) is 14.0. The Morgan fingerprint density at radius 3 is 2.88 bits per heavy atom. The molecule has 6 heteroatoms. The monoisotopic (exact) mass is 222 g/mol. The van der Waals surface area contributed by atoms with Gasteiger partial charge in [0, 0.05) is 11.8 Å². The first kappa shape index (κ1) is 11.9. The van der Waals surface area contributed by atoms with Crippen molar-refractivity contribution in [3.8, 4) is 17.7 Å². The Bertz CT molecular complexity index is 474. The molecule has 0 fully saturated rings. The van der Waals surface area contributed by atoms with Gasteiger partial charge in [-0.2, -0.15) is 0 Å². The van der Waals surface area contributed by atoms with Crippen molar-refractivity contribution in [2.45, 2.75) is 6.92 Å². The minimum atomic E-state index is -0.564. The molecule has 0 amide bonds. The van der Waals surface area contributed by atoms with Gasteiger partial charge in [-0.15, -0.1) is 0 Å². The van der Waals surface area contributed by atoms with E-state index < -0.39 is 4.92 Å². The second-order valence-electron chi connectivity index (χ2n) is 2.87. The van der Waals surface area contributed by atoms with Gasteiger partial charge in [0.15, 0.2) is 0 Å². The predicted molar refractivity (Wildman–Crippen MR) is 56.1 cm³/mol. The molecule has 1 N–H and O–H groups in total. The van der Waals surface area contributed by atoms with E-state index in [0.717, 1.165) is 0 Å². The fourth-order valence-electron chi connectivity index (χ4n) is 1.19. The number of ether oxygens (including phenoxy) is 1. The standard InChI is InChI=1S/C10H10N2O4/c1-7-8(4-3-5-13)6-11-10(16-2)9(7)12(14)15/h6,13H,5H2,1-2H3. The molecule has 1 heterocycles. The van der Waals surface area contributed by atoms with Crippen LogP contribution < -0.4 is 4.74 Å². The van der Waals surface area contributed by atoms with E-state index in [1.54, 1.807) is 6.92 Å². The molecule has 1 aromatic rings. The van der Waals surface area contributed by atoms with Crippen molar-refractivity contribution in [1.29, 1.82) is 0 Å². The molecule has 0 unspecified atom stereocenters. The molecular formula is C10H10N2O4. The van der Waals surface area contributed by atoms with Gasteiger partial charge in [-0.05, 0) is 6.92 Å². The van der Waals surface area contributed by atoms with Crippen LogP contribution in [-0.4, -0.2) is 28.7 Å². The maximum absolute atomic E-state index is 10.8. The molecule has 16 heavy (non-hydrogen) atoms. The first-order valence-corrected chi connectivity index (χ1v) is 4.39. The summed E-state index contributed by atoms with van der Waals surface area (Å²) in [7, 11) is 1.31. The zero-order chi connectivity index (χ0) is 12.1. The van der Waals surface area contributed by atoms with Crippen LogP contribution in [0.3, 0.4) is 0 Å². The van der Waals surface area contributed by atoms with Gasteiger partial charge in [-0.3, -0.25) is 10.1 Å². The SMILES string of the molecule is COc1ncc(C#CCO)c(C)c1[N+](=O)[O-]. The quantitative estimate of drug-likeness (QED) is 0.451. The third-order valence-electron chi connectivity index (χ3n) is 1.95. The van der Waals surface area contributed by atoms with Gasteiger partial charge in [-0.1, -0.05) is 11.8 Å². The lowest BCUT2D eigenvalue weighted by Crippen LogP contribution is -2.00. The van der Waals surface area contributed by atoms with E-state index in [1.165, 1.54) is 13.3 Å². The van der Waals surface area contributed by atoms with Crippen LogP contribution >= 0.6 is 0 Å². The average molecular weight is 222 g/mol. The van der Waals surface area contributed by atoms with E-state index in [-0.39, 0.29) is 18.2 Å². The lowest BCUT2D eigenvalue weighted by atomic mass is 10.1. The summed E-state index contributed by atoms with van der Waals surface area (Å²) in [6.45, 7) is 1.25. The van der Waals surface area contributed by atoms with Crippen LogP contribution in [0.25, 0.3) is 0 Å². The van der Waals surface area contributed by atoms with E-state index in [0.29, 0.717) is 11.1 Å². The van der Waals surface area contributed by atoms with Crippen LogP contribution in [-0.2, 0) is 0 Å². The summed E-state index contributed by atoms with van der Waals surface area (Å²) < 4.78 is 4.80. The molecule has 0 radical (unpaired) electrons. The van der Waals surface area contributed by atoms with Crippen molar-refractivity contribution in [2.24, 2.45) is 0 Å². The Morgan fingerprint density at radius 2 is 2.38 bits per heavy atom. The highest BCUT2D eigenvalue weighted by Crippen LogP contribution is 2.29. The second kappa shape index (κ2) is 5.09. The first-order chi connectivity index (χ1) is 7.61. The van der Waals surface area contributed by atoms with Crippen LogP contribution in [0.15, 0.2) is 6.20 Å². The Balaban J connectivity index is 3.37. The fourth-order valence-corrected chi connectivity index (χ4v) is 1.19. The molecule has 0 spiro atoms. The molecule has 0 saturated carbocycles. The Labute approximate surface area is 92.0 Å². The number of methoxy groups -OCH3 is 1. The predicted octanol–water partition coefficient (Wildman–Crippen LogP) is 0.651. The number of pyridine rings is 1. The van der Waals surface area contributed by atoms with Gasteiger partial charge in [0.1, 0.15) is 6.61 Å². The lowest BCUT2D eigenvalue weighted by molar-refractivity contribution is -0.386. The van der Waals surface area contributed by atoms with Gasteiger partial charge >= 0.3 is 5.69 Å². The molecule has 0 atom stereocenters. The average Bonchev–Trinajstić information content (AvgIpc) is 2.26. The molecule has 0 aliphatic carbocycles. The van der Waals surface area contributed by atoms with Crippen LogP contribution in [0.2, 0.25) is 0 Å². The van der Waals surface area contributed by atoms with E-state index in [1.807, 2.05) is 0 Å². The van der Waals surface area contributed by atoms with Gasteiger partial charge in [0.05, 0.1) is 17.6 Å². The number of aliphatic hydroxyl groups is 1. The van der Waals surface area contributed by atoms with Crippen molar-refractivity contribution >= 4 is 5.69 Å². The maximum Gasteiger partial charge on any atom is 0.335 e. The molecule has 0 aliphatic rings. The van der Waals surface area contributed by atoms with E-state index in [4.69, 9.17) is 9.84 Å². The summed E-state index contributed by atoms with van der Waals surface area (Å²) in [6.07, 6.45) is 1.38. The molecule has 0 aromatic carbocycles. The van der Waals surface area contributed by atoms with Crippen molar-refractivity contribution in [3.05, 3.63) is 27.4 Å². The van der Waals surface area contributed by atoms with Crippen molar-refractivity contribution in [2.75, 3.05) is 13.7 Å². The summed E-state index contributed by atoms with van der Waals surface area (Å²) in [5, 5.41) is 19.4. The summed E-state index contributed by atoms with van der Waals surface area (Å²) in [5.74, 6) is 4.95. The summed E-state index contributed by atoms with van der Waals surface area (Å²) >= 11 is 0. The molecule has 0 aliphatic heterocycles. The van der Waals surface area contributed by atoms with E-state index in [2.05, 4.69) is 16.8 Å². The van der Waals surface area contributed by atoms with Gasteiger partial charge < -0.3 is 9.84 Å². The minimum absolute atomic E-state index is 0.0444. The molecular weight excluding hydrogens is 212 g/mol. The Morgan fingerprint density at radius 1 is 1.69 bits per heavy atom. The fraction of sp³-hybridized carbons (Fsp3) is 0.300. The number of aromatic nitrogens is 1. The zero-order valence-electron chi connectivity index (χ0n) is 8.85. The van der Waals surface area contributed by atoms with Crippen LogP contribution in [0.1, 0.15) is 11.1 Å². The molecule has 1 aromatic heterocycles. The van der Waals surface area contributed by atoms with Crippen molar-refractivity contribution in [1.82, 2.24) is 4.98 Å². The van der Waals surface area contributed by atoms with E-state index >= 15 is 0 Å². The van der Waals surface area contributed by atoms with Gasteiger partial charge in [0.25, 0.3) is 5.88 Å². The minimum Gasteiger partial charge on any atom is -0.476 e. The molecule has 84 valence electrons. The van der Waals surface area contributed by atoms with Gasteiger partial charge in [0.2, 0.25) is 0 Å². The number of nitro groups is 1. The molecule has 1 rings (SSSR count). The number of rotatable bonds is 2. The highest BCUT2D eigenvalue weighted by molar-refractivity contribution is 5.55. The summed E-state index contributed by atoms with van der Waals surface area (Å²) in [6, 6.07) is 0. The zero-order valence-corrected chi connectivity index (χ0v) is 8.85. The molecule has 0 saturated heterocycles. The molecule has 6 nitrogen and oxygen atoms in total. The highest BCUT2D eigenvalue weighted by atomic mass is 16.6. The maximum atomic E-state index is 10.8. The number of hydrogen-bond acceptors (Lipinski definition) is 5. The Kier molecular flexibility index (Phi) is 3.80. The first-order valence-electron chi connectivity index (χ1n) is 4.39. The lowest BCUT2D eigenvalue weighted by Gasteiger charge is -2.04. The third kappa shape index (κ3) is 2.27. The largest absolute Gasteiger partial charge is 0.476 e. The topological polar surface area (TPSA) is 85.5 Å². The number of aliphatic hydroxyl groups excluding tert-OH is 1. The normalized spacial score (nSPS) is 9.19. The van der Waals surface area contributed by atoms with Crippen LogP contribution in [0.4, 0.5) is 5.69 Å². The van der Waals surface area contributed by atoms with Crippen molar-refractivity contribution < 1.29 is 14.8 Å². The van der Waals surface area contributed by atoms with Crippen molar-refractivity contribution in [3.63, 3.8) is 0 Å². The number of hydrogen-bond donors (Lipinski definition) is 1. The third-order valence-corrected chi connectivity index (χ3v) is 1.95. The second-order valence-corrected chi connectivity index (χ2v) is 2.87. The molecule has 0 bridgehead atoms. The Hall–Kier alpha value is -2.13. The number of nitrogens with zero attached hydrogens (tertiary/aromatic N) is 2. The van der Waals surface area contributed by atoms with Crippen LogP contribution in [0.5, 0.6) is 5.88 Å². The van der Waals surface area contributed by atoms with Gasteiger partial charge in [-0.25, -0.2) is 4.98 Å². The highest BCUT2D eigenvalue weighted by Gasteiger charge is 2.21. The smallest absolute Gasteiger partial charge is 0.335 e. The van der Waals surface area contributed by atoms with Crippen LogP contribution in [0, 0.1) is 28.9 Å². The summed E-state index contributed by atoms with van der Waals surface area (Å²) in [5.41, 5.74) is 0.576.